The second-order valence-corrected chi connectivity index (χ2v) is 3.38. The van der Waals surface area contributed by atoms with Gasteiger partial charge in [0.25, 0.3) is 0 Å². The molecule has 1 aromatic carbocycles. The SMILES string of the molecule is CC(C)c1cccc(OC(=O)Cl)c1.Cl. The number of carbonyl (C=O) groups is 1. The predicted octanol–water partition coefficient (Wildman–Crippen LogP) is 3.97. The molecule has 0 atom stereocenters. The van der Waals surface area contributed by atoms with Gasteiger partial charge < -0.3 is 4.74 Å². The van der Waals surface area contributed by atoms with Gasteiger partial charge in [0, 0.05) is 11.6 Å². The minimum Gasteiger partial charge on any atom is -0.414 e. The van der Waals surface area contributed by atoms with E-state index < -0.39 is 5.43 Å². The molecule has 0 amide bonds. The standard InChI is InChI=1S/C10H11ClO2.ClH/c1-7(2)8-4-3-5-9(6-8)13-10(11)12;/h3-7H,1-2H3;1H. The molecule has 0 radical (unpaired) electrons. The Balaban J connectivity index is 0.00000169. The van der Waals surface area contributed by atoms with Gasteiger partial charge in [-0.2, -0.15) is 0 Å². The molecule has 0 saturated heterocycles. The Labute approximate surface area is 94.6 Å². The number of ether oxygens (including phenoxy) is 1. The first-order chi connectivity index (χ1) is 6.09. The number of halogens is 2. The van der Waals surface area contributed by atoms with Crippen molar-refractivity contribution >= 4 is 29.4 Å². The zero-order valence-electron chi connectivity index (χ0n) is 7.99. The van der Waals surface area contributed by atoms with Crippen LogP contribution in [-0.2, 0) is 0 Å². The van der Waals surface area contributed by atoms with Crippen molar-refractivity contribution in [2.75, 3.05) is 0 Å². The summed E-state index contributed by atoms with van der Waals surface area (Å²) in [5.74, 6) is 0.903. The van der Waals surface area contributed by atoms with E-state index in [2.05, 4.69) is 13.8 Å². The van der Waals surface area contributed by atoms with E-state index in [1.54, 1.807) is 6.07 Å². The highest BCUT2D eigenvalue weighted by atomic mass is 35.5. The molecule has 0 aliphatic carbocycles. The van der Waals surface area contributed by atoms with Crippen molar-refractivity contribution in [1.29, 1.82) is 0 Å². The van der Waals surface area contributed by atoms with Gasteiger partial charge in [-0.3, -0.25) is 0 Å². The van der Waals surface area contributed by atoms with Crippen molar-refractivity contribution in [1.82, 2.24) is 0 Å². The minimum atomic E-state index is -0.805. The molecule has 0 saturated carbocycles. The van der Waals surface area contributed by atoms with Gasteiger partial charge in [-0.25, -0.2) is 4.79 Å². The molecule has 78 valence electrons. The highest BCUT2D eigenvalue weighted by Gasteiger charge is 2.03. The Morgan fingerprint density at radius 3 is 2.57 bits per heavy atom. The summed E-state index contributed by atoms with van der Waals surface area (Å²) in [6.07, 6.45) is 0. The van der Waals surface area contributed by atoms with Crippen LogP contribution in [0.15, 0.2) is 24.3 Å². The van der Waals surface area contributed by atoms with Crippen molar-refractivity contribution in [2.24, 2.45) is 0 Å². The topological polar surface area (TPSA) is 26.3 Å². The Hall–Kier alpha value is -0.730. The number of benzene rings is 1. The molecular formula is C10H12Cl2O2. The summed E-state index contributed by atoms with van der Waals surface area (Å²) in [6, 6.07) is 7.33. The van der Waals surface area contributed by atoms with E-state index in [0.29, 0.717) is 11.7 Å². The maximum atomic E-state index is 10.4. The second kappa shape index (κ2) is 5.89. The van der Waals surface area contributed by atoms with E-state index in [0.717, 1.165) is 5.56 Å². The van der Waals surface area contributed by atoms with Gasteiger partial charge in [0.15, 0.2) is 0 Å². The lowest BCUT2D eigenvalue weighted by molar-refractivity contribution is 0.225. The summed E-state index contributed by atoms with van der Waals surface area (Å²) >= 11 is 5.08. The van der Waals surface area contributed by atoms with Crippen LogP contribution in [-0.4, -0.2) is 5.43 Å². The molecule has 0 aromatic heterocycles. The number of hydrogen-bond donors (Lipinski definition) is 0. The second-order valence-electron chi connectivity index (χ2n) is 3.07. The molecule has 0 aliphatic rings. The van der Waals surface area contributed by atoms with Gasteiger partial charge in [-0.15, -0.1) is 12.4 Å². The summed E-state index contributed by atoms with van der Waals surface area (Å²) in [7, 11) is 0. The van der Waals surface area contributed by atoms with Crippen molar-refractivity contribution in [2.45, 2.75) is 19.8 Å². The first-order valence-electron chi connectivity index (χ1n) is 4.07. The zero-order chi connectivity index (χ0) is 9.84. The van der Waals surface area contributed by atoms with Crippen LogP contribution in [0, 0.1) is 0 Å². The average Bonchev–Trinajstić information content (AvgIpc) is 2.03. The van der Waals surface area contributed by atoms with Gasteiger partial charge >= 0.3 is 5.43 Å². The maximum Gasteiger partial charge on any atom is 0.409 e. The van der Waals surface area contributed by atoms with E-state index in [1.165, 1.54) is 0 Å². The molecule has 0 spiro atoms. The normalized spacial score (nSPS) is 9.43. The average molecular weight is 235 g/mol. The quantitative estimate of drug-likeness (QED) is 0.725. The summed E-state index contributed by atoms with van der Waals surface area (Å²) < 4.78 is 4.73. The minimum absolute atomic E-state index is 0. The molecule has 0 N–H and O–H groups in total. The van der Waals surface area contributed by atoms with E-state index in [-0.39, 0.29) is 12.4 Å². The molecular weight excluding hydrogens is 223 g/mol. The van der Waals surface area contributed by atoms with Gasteiger partial charge in [0.2, 0.25) is 0 Å². The molecule has 1 aromatic rings. The van der Waals surface area contributed by atoms with Gasteiger partial charge in [-0.05, 0) is 23.6 Å². The molecule has 0 aliphatic heterocycles. The van der Waals surface area contributed by atoms with Gasteiger partial charge in [0.05, 0.1) is 0 Å². The number of carbonyl (C=O) groups excluding carboxylic acids is 1. The molecule has 0 unspecified atom stereocenters. The molecule has 0 heterocycles. The lowest BCUT2D eigenvalue weighted by Gasteiger charge is -2.06. The molecule has 2 nitrogen and oxygen atoms in total. The Kier molecular flexibility index (Phi) is 5.58. The van der Waals surface area contributed by atoms with Crippen molar-refractivity contribution in [3.05, 3.63) is 29.8 Å². The van der Waals surface area contributed by atoms with Gasteiger partial charge in [0.1, 0.15) is 5.75 Å². The summed E-state index contributed by atoms with van der Waals surface area (Å²) in [5, 5.41) is 0. The van der Waals surface area contributed by atoms with Crippen LogP contribution in [0.5, 0.6) is 5.75 Å². The van der Waals surface area contributed by atoms with E-state index in [1.807, 2.05) is 18.2 Å². The molecule has 4 heteroatoms. The van der Waals surface area contributed by atoms with Crippen LogP contribution in [0.1, 0.15) is 25.3 Å². The predicted molar refractivity (Wildman–Crippen MR) is 59.7 cm³/mol. The van der Waals surface area contributed by atoms with E-state index in [9.17, 15) is 4.79 Å². The van der Waals surface area contributed by atoms with Crippen LogP contribution in [0.25, 0.3) is 0 Å². The number of hydrogen-bond acceptors (Lipinski definition) is 2. The third-order valence-electron chi connectivity index (χ3n) is 1.72. The summed E-state index contributed by atoms with van der Waals surface area (Å²) in [5.41, 5.74) is 0.316. The smallest absolute Gasteiger partial charge is 0.409 e. The van der Waals surface area contributed by atoms with Crippen LogP contribution < -0.4 is 4.74 Å². The zero-order valence-corrected chi connectivity index (χ0v) is 9.56. The van der Waals surface area contributed by atoms with Crippen LogP contribution in [0.4, 0.5) is 4.79 Å². The van der Waals surface area contributed by atoms with Gasteiger partial charge in [-0.1, -0.05) is 26.0 Å². The summed E-state index contributed by atoms with van der Waals surface area (Å²) in [4.78, 5) is 10.4. The Morgan fingerprint density at radius 2 is 2.07 bits per heavy atom. The van der Waals surface area contributed by atoms with Crippen molar-refractivity contribution in [3.63, 3.8) is 0 Å². The maximum absolute atomic E-state index is 10.4. The van der Waals surface area contributed by atoms with Crippen LogP contribution >= 0.6 is 24.0 Å². The highest BCUT2D eigenvalue weighted by Crippen LogP contribution is 2.20. The molecule has 0 fully saturated rings. The fourth-order valence-corrected chi connectivity index (χ4v) is 1.12. The first kappa shape index (κ1) is 13.3. The van der Waals surface area contributed by atoms with E-state index >= 15 is 0 Å². The Morgan fingerprint density at radius 1 is 1.43 bits per heavy atom. The van der Waals surface area contributed by atoms with Crippen LogP contribution in [0.2, 0.25) is 0 Å². The number of rotatable bonds is 2. The van der Waals surface area contributed by atoms with Crippen molar-refractivity contribution in [3.8, 4) is 5.75 Å². The molecule has 0 bridgehead atoms. The monoisotopic (exact) mass is 234 g/mol. The van der Waals surface area contributed by atoms with E-state index in [4.69, 9.17) is 16.3 Å². The fourth-order valence-electron chi connectivity index (χ4n) is 1.03. The molecule has 14 heavy (non-hydrogen) atoms. The fraction of sp³-hybridized carbons (Fsp3) is 0.300. The summed E-state index contributed by atoms with van der Waals surface area (Å²) in [6.45, 7) is 4.14. The molecule has 1 rings (SSSR count). The lowest BCUT2D eigenvalue weighted by atomic mass is 10.0. The first-order valence-corrected chi connectivity index (χ1v) is 4.44. The lowest BCUT2D eigenvalue weighted by Crippen LogP contribution is -1.97. The highest BCUT2D eigenvalue weighted by molar-refractivity contribution is 6.61. The third kappa shape index (κ3) is 3.99. The van der Waals surface area contributed by atoms with Crippen molar-refractivity contribution < 1.29 is 9.53 Å². The Bertz CT molecular complexity index is 311. The van der Waals surface area contributed by atoms with Crippen LogP contribution in [0.3, 0.4) is 0 Å². The third-order valence-corrected chi connectivity index (χ3v) is 1.80. The largest absolute Gasteiger partial charge is 0.414 e.